The van der Waals surface area contributed by atoms with Crippen LogP contribution in [0, 0.1) is 18.8 Å². The number of aryl methyl sites for hydroxylation is 1. The number of rotatable bonds is 3. The van der Waals surface area contributed by atoms with Crippen LogP contribution in [0.4, 0.5) is 0 Å². The van der Waals surface area contributed by atoms with Crippen LogP contribution in [0.3, 0.4) is 0 Å². The molecule has 2 aliphatic rings. The normalized spacial score (nSPS) is 29.9. The number of hydrogen-bond donors (Lipinski definition) is 0. The Kier molecular flexibility index (Phi) is 4.36. The lowest BCUT2D eigenvalue weighted by molar-refractivity contribution is 0.0320. The van der Waals surface area contributed by atoms with Gasteiger partial charge in [-0.2, -0.15) is 8.42 Å². The fourth-order valence-electron chi connectivity index (χ4n) is 3.92. The van der Waals surface area contributed by atoms with Crippen molar-refractivity contribution in [1.29, 1.82) is 0 Å². The molecule has 2 aliphatic carbocycles. The van der Waals surface area contributed by atoms with Crippen LogP contribution < -0.4 is 0 Å². The highest BCUT2D eigenvalue weighted by Gasteiger charge is 2.38. The summed E-state index contributed by atoms with van der Waals surface area (Å²) in [5, 5.41) is 0. The van der Waals surface area contributed by atoms with E-state index in [-0.39, 0.29) is 11.0 Å². The highest BCUT2D eigenvalue weighted by molar-refractivity contribution is 7.86. The Morgan fingerprint density at radius 2 is 1.62 bits per heavy atom. The fourth-order valence-corrected chi connectivity index (χ4v) is 5.07. The van der Waals surface area contributed by atoms with E-state index in [1.807, 2.05) is 19.1 Å². The molecular formula is C17H24O3S. The van der Waals surface area contributed by atoms with Crippen LogP contribution >= 0.6 is 0 Å². The van der Waals surface area contributed by atoms with E-state index in [1.165, 1.54) is 25.7 Å². The van der Waals surface area contributed by atoms with E-state index in [1.54, 1.807) is 12.1 Å². The Balaban J connectivity index is 1.76. The van der Waals surface area contributed by atoms with E-state index >= 15 is 0 Å². The Labute approximate surface area is 127 Å². The van der Waals surface area contributed by atoms with Gasteiger partial charge in [0.15, 0.2) is 0 Å². The fraction of sp³-hybridized carbons (Fsp3) is 0.647. The van der Waals surface area contributed by atoms with Gasteiger partial charge in [0.1, 0.15) is 0 Å². The molecule has 0 aromatic heterocycles. The maximum absolute atomic E-state index is 12.5. The number of benzene rings is 1. The average molecular weight is 308 g/mol. The van der Waals surface area contributed by atoms with Crippen molar-refractivity contribution < 1.29 is 12.6 Å². The molecule has 0 aliphatic heterocycles. The molecule has 2 fully saturated rings. The van der Waals surface area contributed by atoms with Crippen molar-refractivity contribution in [1.82, 2.24) is 0 Å². The molecule has 0 radical (unpaired) electrons. The second-order valence-electron chi connectivity index (χ2n) is 6.54. The van der Waals surface area contributed by atoms with Gasteiger partial charge in [0.05, 0.1) is 11.0 Å². The Bertz CT molecular complexity index is 575. The van der Waals surface area contributed by atoms with Crippen molar-refractivity contribution in [2.75, 3.05) is 0 Å². The quantitative estimate of drug-likeness (QED) is 0.791. The minimum absolute atomic E-state index is 0.115. The molecule has 0 N–H and O–H groups in total. The van der Waals surface area contributed by atoms with Crippen LogP contribution in [0.5, 0.6) is 0 Å². The van der Waals surface area contributed by atoms with Crippen molar-refractivity contribution in [2.24, 2.45) is 11.8 Å². The van der Waals surface area contributed by atoms with Crippen molar-refractivity contribution in [3.8, 4) is 0 Å². The molecule has 4 heteroatoms. The van der Waals surface area contributed by atoms with Gasteiger partial charge >= 0.3 is 0 Å². The van der Waals surface area contributed by atoms with E-state index in [0.717, 1.165) is 24.8 Å². The molecule has 0 saturated heterocycles. The van der Waals surface area contributed by atoms with Crippen molar-refractivity contribution in [3.05, 3.63) is 29.8 Å². The second-order valence-corrected chi connectivity index (χ2v) is 8.11. The molecule has 0 amide bonds. The zero-order valence-corrected chi connectivity index (χ0v) is 13.4. The minimum atomic E-state index is -3.63. The summed E-state index contributed by atoms with van der Waals surface area (Å²) in [7, 11) is -3.63. The summed E-state index contributed by atoms with van der Waals surface area (Å²) in [5.41, 5.74) is 1.05. The topological polar surface area (TPSA) is 43.4 Å². The summed E-state index contributed by atoms with van der Waals surface area (Å²) in [4.78, 5) is 0.283. The molecule has 3 rings (SSSR count). The maximum Gasteiger partial charge on any atom is 0.297 e. The summed E-state index contributed by atoms with van der Waals surface area (Å²) in [6.07, 6.45) is 7.98. The van der Waals surface area contributed by atoms with E-state index in [9.17, 15) is 8.42 Å². The zero-order chi connectivity index (χ0) is 14.9. The first-order valence-corrected chi connectivity index (χ1v) is 9.47. The summed E-state index contributed by atoms with van der Waals surface area (Å²) >= 11 is 0. The molecule has 21 heavy (non-hydrogen) atoms. The highest BCUT2D eigenvalue weighted by atomic mass is 32.2. The molecule has 3 atom stereocenters. The third-order valence-corrected chi connectivity index (χ3v) is 6.42. The van der Waals surface area contributed by atoms with Crippen LogP contribution in [0.15, 0.2) is 29.2 Å². The number of fused-ring (bicyclic) bond motifs is 1. The summed E-state index contributed by atoms with van der Waals surface area (Å²) < 4.78 is 30.6. The lowest BCUT2D eigenvalue weighted by Gasteiger charge is -2.40. The van der Waals surface area contributed by atoms with E-state index in [2.05, 4.69) is 0 Å². The largest absolute Gasteiger partial charge is 0.297 e. The van der Waals surface area contributed by atoms with Crippen LogP contribution in [0.25, 0.3) is 0 Å². The molecule has 1 aromatic rings. The third kappa shape index (κ3) is 3.32. The minimum Gasteiger partial charge on any atom is -0.263 e. The van der Waals surface area contributed by atoms with Gasteiger partial charge in [-0.25, -0.2) is 0 Å². The molecule has 1 aromatic carbocycles. The van der Waals surface area contributed by atoms with Gasteiger partial charge in [0.25, 0.3) is 10.1 Å². The van der Waals surface area contributed by atoms with Crippen molar-refractivity contribution in [3.63, 3.8) is 0 Å². The Morgan fingerprint density at radius 1 is 0.952 bits per heavy atom. The summed E-state index contributed by atoms with van der Waals surface area (Å²) in [6, 6.07) is 6.93. The SMILES string of the molecule is Cc1ccc(S(=O)(=O)O[C@H]2CCC[C@H]3CCCC[C@@H]32)cc1. The van der Waals surface area contributed by atoms with Crippen LogP contribution in [-0.4, -0.2) is 14.5 Å². The monoisotopic (exact) mass is 308 g/mol. The van der Waals surface area contributed by atoms with Crippen molar-refractivity contribution in [2.45, 2.75) is 62.9 Å². The maximum atomic E-state index is 12.5. The molecule has 3 nitrogen and oxygen atoms in total. The summed E-state index contributed by atoms with van der Waals surface area (Å²) in [6.45, 7) is 1.95. The summed E-state index contributed by atoms with van der Waals surface area (Å²) in [5.74, 6) is 1.11. The lowest BCUT2D eigenvalue weighted by Crippen LogP contribution is -2.37. The van der Waals surface area contributed by atoms with Gasteiger partial charge in [-0.1, -0.05) is 43.4 Å². The lowest BCUT2D eigenvalue weighted by atomic mass is 9.69. The van der Waals surface area contributed by atoms with E-state index < -0.39 is 10.1 Å². The zero-order valence-electron chi connectivity index (χ0n) is 12.6. The number of hydrogen-bond acceptors (Lipinski definition) is 3. The Hall–Kier alpha value is -0.870. The Morgan fingerprint density at radius 3 is 2.38 bits per heavy atom. The van der Waals surface area contributed by atoms with Crippen LogP contribution in [-0.2, 0) is 14.3 Å². The molecule has 2 saturated carbocycles. The second kappa shape index (κ2) is 6.09. The molecule has 0 spiro atoms. The predicted molar refractivity (Wildman–Crippen MR) is 82.5 cm³/mol. The van der Waals surface area contributed by atoms with Crippen LogP contribution in [0.2, 0.25) is 0 Å². The first kappa shape index (κ1) is 15.0. The van der Waals surface area contributed by atoms with Gasteiger partial charge in [-0.05, 0) is 50.2 Å². The first-order valence-electron chi connectivity index (χ1n) is 8.06. The molecule has 0 bridgehead atoms. The molecular weight excluding hydrogens is 284 g/mol. The van der Waals surface area contributed by atoms with Crippen molar-refractivity contribution >= 4 is 10.1 Å². The van der Waals surface area contributed by atoms with Gasteiger partial charge < -0.3 is 0 Å². The average Bonchev–Trinajstić information content (AvgIpc) is 2.48. The standard InChI is InChI=1S/C17H24O3S/c1-13-9-11-15(12-10-13)21(18,19)20-17-8-4-6-14-5-2-3-7-16(14)17/h9-12,14,16-17H,2-8H2,1H3/t14-,16+,17+/m1/s1. The van der Waals surface area contributed by atoms with Gasteiger partial charge in [-0.15, -0.1) is 0 Å². The first-order chi connectivity index (χ1) is 10.1. The highest BCUT2D eigenvalue weighted by Crippen LogP contribution is 2.42. The molecule has 0 unspecified atom stereocenters. The third-order valence-electron chi connectivity index (χ3n) is 5.07. The smallest absolute Gasteiger partial charge is 0.263 e. The predicted octanol–water partition coefficient (Wildman–Crippen LogP) is 4.06. The van der Waals surface area contributed by atoms with Crippen LogP contribution in [0.1, 0.15) is 50.5 Å². The van der Waals surface area contributed by atoms with Gasteiger partial charge in [0.2, 0.25) is 0 Å². The molecule has 116 valence electrons. The van der Waals surface area contributed by atoms with E-state index in [0.29, 0.717) is 11.8 Å². The van der Waals surface area contributed by atoms with E-state index in [4.69, 9.17) is 4.18 Å². The van der Waals surface area contributed by atoms with Gasteiger partial charge in [-0.3, -0.25) is 4.18 Å². The molecule has 0 heterocycles. The van der Waals surface area contributed by atoms with Gasteiger partial charge in [0, 0.05) is 0 Å².